The molecule has 0 radical (unpaired) electrons. The van der Waals surface area contributed by atoms with E-state index in [2.05, 4.69) is 20.2 Å². The van der Waals surface area contributed by atoms with E-state index >= 15 is 0 Å². The number of hydrogen-bond donors (Lipinski definition) is 2. The number of anilines is 1. The van der Waals surface area contributed by atoms with Crippen molar-refractivity contribution in [1.29, 1.82) is 0 Å². The number of sulfonamides is 1. The molecule has 1 aliphatic rings. The molecule has 0 atom stereocenters. The van der Waals surface area contributed by atoms with E-state index in [0.717, 1.165) is 29.7 Å². The number of carbonyl (C=O) groups is 1. The molecule has 1 saturated carbocycles. The lowest BCUT2D eigenvalue weighted by Gasteiger charge is -2.21. The summed E-state index contributed by atoms with van der Waals surface area (Å²) in [5.41, 5.74) is 1.32. The van der Waals surface area contributed by atoms with Gasteiger partial charge in [-0.15, -0.1) is 10.2 Å². The van der Waals surface area contributed by atoms with Crippen molar-refractivity contribution in [3.05, 3.63) is 35.4 Å². The monoisotopic (exact) mass is 438 g/mol. The summed E-state index contributed by atoms with van der Waals surface area (Å²) in [6, 6.07) is 7.13. The molecule has 158 valence electrons. The highest BCUT2D eigenvalue weighted by atomic mass is 32.2. The second-order valence-electron chi connectivity index (χ2n) is 7.02. The summed E-state index contributed by atoms with van der Waals surface area (Å²) < 4.78 is 32.9. The third-order valence-corrected chi connectivity index (χ3v) is 7.43. The van der Waals surface area contributed by atoms with Gasteiger partial charge >= 0.3 is 0 Å². The number of aryl methyl sites for hydroxylation is 1. The van der Waals surface area contributed by atoms with Crippen molar-refractivity contribution in [2.75, 3.05) is 18.5 Å². The van der Waals surface area contributed by atoms with Gasteiger partial charge < -0.3 is 4.74 Å². The van der Waals surface area contributed by atoms with Crippen molar-refractivity contribution in [1.82, 2.24) is 14.9 Å². The van der Waals surface area contributed by atoms with Gasteiger partial charge in [0, 0.05) is 18.7 Å². The van der Waals surface area contributed by atoms with Crippen molar-refractivity contribution in [2.45, 2.75) is 55.9 Å². The number of benzene rings is 1. The summed E-state index contributed by atoms with van der Waals surface area (Å²) in [6.07, 6.45) is 6.76. The first-order valence-corrected chi connectivity index (χ1v) is 12.1. The van der Waals surface area contributed by atoms with Crippen LogP contribution in [0.25, 0.3) is 0 Å². The maximum Gasteiger partial charge on any atom is 0.269 e. The highest BCUT2D eigenvalue weighted by Gasteiger charge is 2.21. The molecule has 1 aromatic heterocycles. The summed E-state index contributed by atoms with van der Waals surface area (Å²) >= 11 is 0.819. The smallest absolute Gasteiger partial charge is 0.269 e. The van der Waals surface area contributed by atoms with Gasteiger partial charge in [0.1, 0.15) is 0 Å². The van der Waals surface area contributed by atoms with E-state index in [1.807, 2.05) is 19.1 Å². The number of nitrogens with zero attached hydrogens (tertiary/aromatic N) is 2. The largest absolute Gasteiger partial charge is 0.378 e. The van der Waals surface area contributed by atoms with Crippen molar-refractivity contribution in [2.24, 2.45) is 0 Å². The van der Waals surface area contributed by atoms with Crippen LogP contribution in [0.1, 0.15) is 54.4 Å². The fraction of sp³-hybridized carbons (Fsp3) is 0.526. The zero-order valence-corrected chi connectivity index (χ0v) is 18.0. The molecule has 0 aliphatic heterocycles. The molecule has 0 spiro atoms. The van der Waals surface area contributed by atoms with E-state index in [-0.39, 0.29) is 21.9 Å². The van der Waals surface area contributed by atoms with Crippen LogP contribution in [0.2, 0.25) is 0 Å². The first-order chi connectivity index (χ1) is 14.0. The standard InChI is InChI=1S/C19H26N4O4S2/c1-14-8-5-6-11-16(14)17(24)21-18-22-23-19(28-18)29(25,26)20-12-7-13-27-15-9-3-2-4-10-15/h5-6,8,11,15,20H,2-4,7,9-10,12-13H2,1H3,(H,21,22,24). The first-order valence-electron chi connectivity index (χ1n) is 9.77. The molecule has 0 saturated heterocycles. The first kappa shape index (κ1) is 21.8. The van der Waals surface area contributed by atoms with Crippen LogP contribution in [0.5, 0.6) is 0 Å². The molecule has 3 rings (SSSR count). The third-order valence-electron chi connectivity index (χ3n) is 4.77. The SMILES string of the molecule is Cc1ccccc1C(=O)Nc1nnc(S(=O)(=O)NCCCOC2CCCCC2)s1. The minimum absolute atomic E-state index is 0.138. The lowest BCUT2D eigenvalue weighted by atomic mass is 9.98. The molecule has 29 heavy (non-hydrogen) atoms. The molecular formula is C19H26N4O4S2. The second kappa shape index (κ2) is 10.2. The fourth-order valence-corrected chi connectivity index (χ4v) is 5.19. The summed E-state index contributed by atoms with van der Waals surface area (Å²) in [5, 5.41) is 10.2. The van der Waals surface area contributed by atoms with Crippen molar-refractivity contribution in [3.8, 4) is 0 Å². The van der Waals surface area contributed by atoms with Crippen molar-refractivity contribution >= 4 is 32.4 Å². The Balaban J connectivity index is 1.46. The molecular weight excluding hydrogens is 412 g/mol. The molecule has 0 unspecified atom stereocenters. The van der Waals surface area contributed by atoms with Crippen LogP contribution < -0.4 is 10.0 Å². The maximum absolute atomic E-state index is 12.4. The van der Waals surface area contributed by atoms with E-state index in [1.54, 1.807) is 12.1 Å². The average molecular weight is 439 g/mol. The van der Waals surface area contributed by atoms with Gasteiger partial charge in [0.2, 0.25) is 9.47 Å². The van der Waals surface area contributed by atoms with E-state index in [0.29, 0.717) is 24.7 Å². The molecule has 0 bridgehead atoms. The Bertz CT molecular complexity index is 924. The Kier molecular flexibility index (Phi) is 7.70. The third kappa shape index (κ3) is 6.30. The number of nitrogens with one attached hydrogen (secondary N) is 2. The Morgan fingerprint density at radius 2 is 1.97 bits per heavy atom. The van der Waals surface area contributed by atoms with E-state index in [1.165, 1.54) is 19.3 Å². The Morgan fingerprint density at radius 3 is 2.72 bits per heavy atom. The minimum Gasteiger partial charge on any atom is -0.378 e. The number of aromatic nitrogens is 2. The van der Waals surface area contributed by atoms with Gasteiger partial charge in [-0.2, -0.15) is 0 Å². The van der Waals surface area contributed by atoms with Crippen LogP contribution in [0, 0.1) is 6.92 Å². The van der Waals surface area contributed by atoms with Crippen LogP contribution in [0.15, 0.2) is 28.6 Å². The molecule has 1 fully saturated rings. The Hall–Kier alpha value is -1.88. The molecule has 10 heteroatoms. The highest BCUT2D eigenvalue weighted by Crippen LogP contribution is 2.22. The van der Waals surface area contributed by atoms with Crippen LogP contribution in [-0.4, -0.2) is 43.8 Å². The lowest BCUT2D eigenvalue weighted by Crippen LogP contribution is -2.26. The Labute approximate surface area is 175 Å². The predicted octanol–water partition coefficient (Wildman–Crippen LogP) is 3.12. The van der Waals surface area contributed by atoms with Crippen molar-refractivity contribution in [3.63, 3.8) is 0 Å². The zero-order chi connectivity index (χ0) is 20.7. The molecule has 1 aromatic carbocycles. The van der Waals surface area contributed by atoms with E-state index < -0.39 is 10.0 Å². The predicted molar refractivity (Wildman–Crippen MR) is 112 cm³/mol. The molecule has 8 nitrogen and oxygen atoms in total. The summed E-state index contributed by atoms with van der Waals surface area (Å²) in [6.45, 7) is 2.62. The molecule has 1 aliphatic carbocycles. The molecule has 2 aromatic rings. The normalized spacial score (nSPS) is 15.3. The number of amides is 1. The molecule has 1 amide bonds. The maximum atomic E-state index is 12.4. The van der Waals surface area contributed by atoms with Crippen LogP contribution in [0.4, 0.5) is 5.13 Å². The van der Waals surface area contributed by atoms with Gasteiger partial charge in [-0.05, 0) is 37.8 Å². The van der Waals surface area contributed by atoms with Crippen LogP contribution in [-0.2, 0) is 14.8 Å². The number of carbonyl (C=O) groups excluding carboxylic acids is 1. The van der Waals surface area contributed by atoms with E-state index in [4.69, 9.17) is 4.74 Å². The number of hydrogen-bond acceptors (Lipinski definition) is 7. The van der Waals surface area contributed by atoms with Gasteiger partial charge in [-0.25, -0.2) is 13.1 Å². The highest BCUT2D eigenvalue weighted by molar-refractivity contribution is 7.91. The topological polar surface area (TPSA) is 110 Å². The fourth-order valence-electron chi connectivity index (χ4n) is 3.18. The van der Waals surface area contributed by atoms with Gasteiger partial charge in [-0.1, -0.05) is 48.8 Å². The van der Waals surface area contributed by atoms with Gasteiger partial charge in [0.05, 0.1) is 6.10 Å². The summed E-state index contributed by atoms with van der Waals surface area (Å²) in [7, 11) is -3.77. The lowest BCUT2D eigenvalue weighted by molar-refractivity contribution is 0.0278. The van der Waals surface area contributed by atoms with Gasteiger partial charge in [0.25, 0.3) is 15.9 Å². The van der Waals surface area contributed by atoms with Gasteiger partial charge in [0.15, 0.2) is 0 Å². The van der Waals surface area contributed by atoms with Crippen LogP contribution in [0.3, 0.4) is 0 Å². The number of ether oxygens (including phenoxy) is 1. The molecule has 1 heterocycles. The Morgan fingerprint density at radius 1 is 1.21 bits per heavy atom. The molecule has 2 N–H and O–H groups in total. The summed E-state index contributed by atoms with van der Waals surface area (Å²) in [5.74, 6) is -0.351. The van der Waals surface area contributed by atoms with Crippen LogP contribution >= 0.6 is 11.3 Å². The minimum atomic E-state index is -3.77. The number of rotatable bonds is 9. The van der Waals surface area contributed by atoms with E-state index in [9.17, 15) is 13.2 Å². The average Bonchev–Trinajstić information content (AvgIpc) is 3.18. The second-order valence-corrected chi connectivity index (χ2v) is 9.94. The zero-order valence-electron chi connectivity index (χ0n) is 16.4. The quantitative estimate of drug-likeness (QED) is 0.460. The van der Waals surface area contributed by atoms with Gasteiger partial charge in [-0.3, -0.25) is 10.1 Å². The summed E-state index contributed by atoms with van der Waals surface area (Å²) in [4.78, 5) is 12.3. The van der Waals surface area contributed by atoms with Crippen molar-refractivity contribution < 1.29 is 17.9 Å².